The Kier molecular flexibility index (Phi) is 15.2. The predicted octanol–water partition coefficient (Wildman–Crippen LogP) is -0.971. The molecule has 0 aliphatic carbocycles. The third-order valence-corrected chi connectivity index (χ3v) is 13.2. The molecule has 3 aromatic carbocycles. The first-order valence-corrected chi connectivity index (χ1v) is 22.6. The predicted molar refractivity (Wildman–Crippen MR) is 241 cm³/mol. The Hall–Kier alpha value is -6.65. The summed E-state index contributed by atoms with van der Waals surface area (Å²) in [7, 11) is 5.66. The average molecular weight is 959 g/mol. The molecule has 0 saturated carbocycles. The van der Waals surface area contributed by atoms with Crippen LogP contribution in [0, 0.1) is 0 Å². The minimum atomic E-state index is -1.75. The highest BCUT2D eigenvalue weighted by Gasteiger charge is 2.47. The number of amides is 7. The molecule has 370 valence electrons. The number of aliphatic hydroxyl groups is 4. The van der Waals surface area contributed by atoms with Gasteiger partial charge >= 0.3 is 0 Å². The summed E-state index contributed by atoms with van der Waals surface area (Å²) in [6.07, 6.45) is -8.55. The van der Waals surface area contributed by atoms with Gasteiger partial charge in [0.05, 0.1) is 13.7 Å². The van der Waals surface area contributed by atoms with Crippen molar-refractivity contribution in [2.24, 2.45) is 0 Å². The highest BCUT2D eigenvalue weighted by Crippen LogP contribution is 2.37. The van der Waals surface area contributed by atoms with E-state index >= 15 is 0 Å². The van der Waals surface area contributed by atoms with E-state index in [2.05, 4.69) is 10.6 Å². The van der Waals surface area contributed by atoms with Crippen molar-refractivity contribution in [1.29, 1.82) is 0 Å². The molecule has 6 N–H and O–H groups in total. The Labute approximate surface area is 397 Å². The Morgan fingerprint density at radius 3 is 1.96 bits per heavy atom. The number of nitrogens with zero attached hydrogens (tertiary/aromatic N) is 4. The number of likely N-dealkylation sites (N-methyl/N-ethyl adjacent to an activating group) is 3. The molecule has 0 radical (unpaired) electrons. The van der Waals surface area contributed by atoms with Crippen molar-refractivity contribution in [3.05, 3.63) is 83.4 Å². The van der Waals surface area contributed by atoms with Gasteiger partial charge in [0.2, 0.25) is 41.7 Å². The van der Waals surface area contributed by atoms with Crippen LogP contribution in [0.25, 0.3) is 0 Å². The number of aliphatic hydroxyl groups excluding tert-OH is 4. The molecule has 21 nitrogen and oxygen atoms in total. The molecule has 21 heteroatoms. The van der Waals surface area contributed by atoms with Crippen LogP contribution in [0.1, 0.15) is 43.4 Å². The summed E-state index contributed by atoms with van der Waals surface area (Å²) in [5.74, 6) is -4.31. The van der Waals surface area contributed by atoms with Crippen molar-refractivity contribution >= 4 is 41.4 Å². The van der Waals surface area contributed by atoms with Gasteiger partial charge in [-0.2, -0.15) is 0 Å². The Bertz CT molecular complexity index is 2440. The number of methoxy groups -OCH3 is 1. The summed E-state index contributed by atoms with van der Waals surface area (Å²) in [5.41, 5.74) is 1.57. The Morgan fingerprint density at radius 1 is 0.681 bits per heavy atom. The summed E-state index contributed by atoms with van der Waals surface area (Å²) in [6, 6.07) is 9.89. The number of nitrogens with one attached hydrogen (secondary N) is 2. The van der Waals surface area contributed by atoms with Crippen LogP contribution in [-0.4, -0.2) is 183 Å². The fraction of sp³-hybridized carbons (Fsp3) is 0.479. The molecular formula is C48H58N6O15. The van der Waals surface area contributed by atoms with Gasteiger partial charge in [-0.25, -0.2) is 0 Å². The standard InChI is InChI=1S/C48H58N6O15/c1-24-44(62)53(5)34-20-27-9-14-30(15-10-27)67-36-22-28(11-17-35(36)68-48-41(59)40(58)39(57)37(23-55)69-48)21-33(52(4)47(34)65)43(61)50-25(2)45(63)54-31(16-18-38(54)56)46(64)51(3)32(42(60)49-24)19-26-7-12-29(66-6)13-8-26/h7-15,17,22,24-25,31-34,37,39-41,48,55,57-59H,16,18-21,23H2,1-6H3,(H,49,60)(H,50,61)/t24-,25+,31-,32-,33-,34+,37-,39-,40+,41-,48-/m1/s1. The zero-order valence-corrected chi connectivity index (χ0v) is 39.0. The first-order chi connectivity index (χ1) is 32.8. The van der Waals surface area contributed by atoms with E-state index in [9.17, 15) is 54.0 Å². The molecular weight excluding hydrogens is 901 g/mol. The molecule has 6 bridgehead atoms. The molecule has 8 rings (SSSR count). The summed E-state index contributed by atoms with van der Waals surface area (Å²) in [5, 5.41) is 46.7. The topological polar surface area (TPSA) is 274 Å². The molecule has 3 aromatic rings. The normalized spacial score (nSPS) is 29.7. The van der Waals surface area contributed by atoms with Crippen molar-refractivity contribution in [3.8, 4) is 23.0 Å². The lowest BCUT2D eigenvalue weighted by Crippen LogP contribution is -2.62. The van der Waals surface area contributed by atoms with Crippen LogP contribution in [0.4, 0.5) is 0 Å². The molecule has 0 aromatic heterocycles. The number of imide groups is 1. The number of carbonyl (C=O) groups excluding carboxylic acids is 7. The first kappa shape index (κ1) is 50.2. The molecule has 69 heavy (non-hydrogen) atoms. The van der Waals surface area contributed by atoms with Crippen molar-refractivity contribution in [3.63, 3.8) is 0 Å². The van der Waals surface area contributed by atoms with Gasteiger partial charge in [0.1, 0.15) is 72.2 Å². The third kappa shape index (κ3) is 10.5. The number of rotatable bonds is 6. The summed E-state index contributed by atoms with van der Waals surface area (Å²) in [6.45, 7) is 2.09. The molecule has 5 aliphatic rings. The van der Waals surface area contributed by atoms with E-state index in [1.54, 1.807) is 48.5 Å². The van der Waals surface area contributed by atoms with E-state index in [0.29, 0.717) is 22.4 Å². The summed E-state index contributed by atoms with van der Waals surface area (Å²) < 4.78 is 23.1. The largest absolute Gasteiger partial charge is 0.497 e. The van der Waals surface area contributed by atoms with Crippen LogP contribution in [-0.2, 0) is 57.6 Å². The van der Waals surface area contributed by atoms with Crippen molar-refractivity contribution in [1.82, 2.24) is 30.2 Å². The monoisotopic (exact) mass is 958 g/mol. The fourth-order valence-corrected chi connectivity index (χ4v) is 8.98. The number of ether oxygens (including phenoxy) is 4. The van der Waals surface area contributed by atoms with Gasteiger partial charge in [-0.3, -0.25) is 38.5 Å². The van der Waals surface area contributed by atoms with Crippen LogP contribution < -0.4 is 24.8 Å². The van der Waals surface area contributed by atoms with Crippen LogP contribution in [0.2, 0.25) is 0 Å². The smallest absolute Gasteiger partial charge is 0.252 e. The molecule has 0 spiro atoms. The molecule has 3 saturated heterocycles. The second-order valence-electron chi connectivity index (χ2n) is 17.8. The van der Waals surface area contributed by atoms with Crippen LogP contribution in [0.15, 0.2) is 66.7 Å². The van der Waals surface area contributed by atoms with Crippen molar-refractivity contribution < 1.29 is 72.9 Å². The van der Waals surface area contributed by atoms with Crippen LogP contribution in [0.3, 0.4) is 0 Å². The number of benzene rings is 3. The maximum atomic E-state index is 15.0. The van der Waals surface area contributed by atoms with Gasteiger partial charge in [-0.1, -0.05) is 30.3 Å². The maximum absolute atomic E-state index is 15.0. The average Bonchev–Trinajstić information content (AvgIpc) is 3.73. The Morgan fingerprint density at radius 2 is 1.29 bits per heavy atom. The van der Waals surface area contributed by atoms with Gasteiger partial charge in [-0.15, -0.1) is 0 Å². The van der Waals surface area contributed by atoms with Gasteiger partial charge in [0.25, 0.3) is 5.91 Å². The third-order valence-electron chi connectivity index (χ3n) is 13.2. The number of hydrogen-bond acceptors (Lipinski definition) is 15. The summed E-state index contributed by atoms with van der Waals surface area (Å²) >= 11 is 0. The van der Waals surface area contributed by atoms with Gasteiger partial charge in [-0.05, 0) is 73.4 Å². The number of hydrogen-bond donors (Lipinski definition) is 6. The van der Waals surface area contributed by atoms with E-state index in [1.165, 1.54) is 65.2 Å². The lowest BCUT2D eigenvalue weighted by molar-refractivity contribution is -0.277. The van der Waals surface area contributed by atoms with E-state index in [4.69, 9.17) is 18.9 Å². The van der Waals surface area contributed by atoms with Gasteiger partial charge in [0.15, 0.2) is 11.5 Å². The van der Waals surface area contributed by atoms with Gasteiger partial charge < -0.3 is 64.7 Å². The highest BCUT2D eigenvalue weighted by molar-refractivity contribution is 6.06. The van der Waals surface area contributed by atoms with Crippen LogP contribution in [0.5, 0.6) is 23.0 Å². The lowest BCUT2D eigenvalue weighted by atomic mass is 9.98. The fourth-order valence-electron chi connectivity index (χ4n) is 8.98. The number of fused-ring (bicyclic) bond motifs is 3. The minimum Gasteiger partial charge on any atom is -0.497 e. The molecule has 3 fully saturated rings. The zero-order chi connectivity index (χ0) is 50.0. The van der Waals surface area contributed by atoms with E-state index in [0.717, 1.165) is 14.7 Å². The van der Waals surface area contributed by atoms with E-state index in [1.807, 2.05) is 0 Å². The summed E-state index contributed by atoms with van der Waals surface area (Å²) in [4.78, 5) is 105. The SMILES string of the molecule is COc1ccc(C[C@@H]2C(=O)N[C@H](C)C(=O)N(C)[C@H]3Cc4ccc(cc4)Oc4cc(ccc4O[C@@H]4O[C@H](CO)[C@@H](O)[C@H](O)[C@H]4O)C[C@H](C(=O)N[C@@H](C)C(=O)N4C(=O)CC[C@@H]4C(=O)N2C)N(C)C3=O)cc1. The lowest BCUT2D eigenvalue weighted by Gasteiger charge is -2.39. The number of carbonyl (C=O) groups is 7. The van der Waals surface area contributed by atoms with E-state index in [-0.39, 0.29) is 49.4 Å². The first-order valence-electron chi connectivity index (χ1n) is 22.6. The quantitative estimate of drug-likeness (QED) is 0.162. The Balaban J connectivity index is 1.28. The molecule has 0 unspecified atom stereocenters. The van der Waals surface area contributed by atoms with Crippen molar-refractivity contribution in [2.45, 2.75) is 113 Å². The highest BCUT2D eigenvalue weighted by atomic mass is 16.7. The van der Waals surface area contributed by atoms with Crippen LogP contribution >= 0.6 is 0 Å². The second-order valence-corrected chi connectivity index (χ2v) is 17.8. The molecule has 7 amide bonds. The second kappa shape index (κ2) is 20.9. The molecule has 5 aliphatic heterocycles. The zero-order valence-electron chi connectivity index (χ0n) is 39.0. The maximum Gasteiger partial charge on any atom is 0.252 e. The minimum absolute atomic E-state index is 0.0180. The van der Waals surface area contributed by atoms with Gasteiger partial charge in [0, 0.05) is 46.8 Å². The van der Waals surface area contributed by atoms with Crippen molar-refractivity contribution in [2.75, 3.05) is 34.9 Å². The molecule has 11 atom stereocenters. The van der Waals surface area contributed by atoms with E-state index < -0.39 is 115 Å². The molecule has 5 heterocycles.